The summed E-state index contributed by atoms with van der Waals surface area (Å²) in [7, 11) is 0. The minimum Gasteiger partial charge on any atom is -0.481 e. The highest BCUT2D eigenvalue weighted by molar-refractivity contribution is 6.35. The molecule has 0 radical (unpaired) electrons. The molecule has 1 aliphatic rings. The zero-order valence-electron chi connectivity index (χ0n) is 12.1. The van der Waals surface area contributed by atoms with Crippen LogP contribution in [0.1, 0.15) is 39.5 Å². The molecule has 0 aliphatic carbocycles. The SMILES string of the molecule is CC(C)(CC(=O)O)NC(=O)C(=O)N1CCCC[C@H]1C(=O)O. The fourth-order valence-electron chi connectivity index (χ4n) is 2.34. The summed E-state index contributed by atoms with van der Waals surface area (Å²) >= 11 is 0. The summed E-state index contributed by atoms with van der Waals surface area (Å²) in [6.07, 6.45) is 1.30. The van der Waals surface area contributed by atoms with Crippen molar-refractivity contribution in [2.45, 2.75) is 51.1 Å². The highest BCUT2D eigenvalue weighted by atomic mass is 16.4. The third-order valence-corrected chi connectivity index (χ3v) is 3.29. The van der Waals surface area contributed by atoms with Gasteiger partial charge in [-0.2, -0.15) is 0 Å². The van der Waals surface area contributed by atoms with E-state index in [0.717, 1.165) is 4.90 Å². The highest BCUT2D eigenvalue weighted by Gasteiger charge is 2.36. The number of likely N-dealkylation sites (tertiary alicyclic amines) is 1. The zero-order valence-corrected chi connectivity index (χ0v) is 12.1. The average molecular weight is 300 g/mol. The molecule has 1 heterocycles. The molecule has 1 rings (SSSR count). The molecule has 1 saturated heterocycles. The second kappa shape index (κ2) is 6.55. The lowest BCUT2D eigenvalue weighted by atomic mass is 10.00. The molecule has 1 atom stereocenters. The van der Waals surface area contributed by atoms with Gasteiger partial charge in [-0.05, 0) is 33.1 Å². The first-order valence-corrected chi connectivity index (χ1v) is 6.72. The topological polar surface area (TPSA) is 124 Å². The van der Waals surface area contributed by atoms with Crippen molar-refractivity contribution >= 4 is 23.8 Å². The molecule has 8 heteroatoms. The van der Waals surface area contributed by atoms with E-state index >= 15 is 0 Å². The maximum Gasteiger partial charge on any atom is 0.326 e. The number of carbonyl (C=O) groups excluding carboxylic acids is 2. The van der Waals surface area contributed by atoms with Crippen LogP contribution in [0.4, 0.5) is 0 Å². The van der Waals surface area contributed by atoms with Crippen LogP contribution in [-0.2, 0) is 19.2 Å². The van der Waals surface area contributed by atoms with Crippen molar-refractivity contribution in [1.29, 1.82) is 0 Å². The van der Waals surface area contributed by atoms with Crippen LogP contribution in [0.15, 0.2) is 0 Å². The molecule has 0 aromatic heterocycles. The zero-order chi connectivity index (χ0) is 16.2. The number of piperidine rings is 1. The van der Waals surface area contributed by atoms with Gasteiger partial charge in [-0.25, -0.2) is 4.79 Å². The summed E-state index contributed by atoms with van der Waals surface area (Å²) in [4.78, 5) is 46.8. The van der Waals surface area contributed by atoms with Gasteiger partial charge < -0.3 is 20.4 Å². The van der Waals surface area contributed by atoms with Crippen molar-refractivity contribution < 1.29 is 29.4 Å². The van der Waals surface area contributed by atoms with E-state index in [1.165, 1.54) is 13.8 Å². The first-order valence-electron chi connectivity index (χ1n) is 6.72. The number of nitrogens with one attached hydrogen (secondary N) is 1. The van der Waals surface area contributed by atoms with Crippen LogP contribution in [0.25, 0.3) is 0 Å². The van der Waals surface area contributed by atoms with E-state index in [9.17, 15) is 19.2 Å². The summed E-state index contributed by atoms with van der Waals surface area (Å²) in [6.45, 7) is 3.18. The number of carbonyl (C=O) groups is 4. The quantitative estimate of drug-likeness (QED) is 0.619. The predicted molar refractivity (Wildman–Crippen MR) is 71.5 cm³/mol. The largest absolute Gasteiger partial charge is 0.481 e. The Morgan fingerprint density at radius 2 is 1.81 bits per heavy atom. The van der Waals surface area contributed by atoms with Crippen molar-refractivity contribution in [2.75, 3.05) is 6.54 Å². The standard InChI is InChI=1S/C13H20N2O6/c1-13(2,7-9(16)17)14-10(18)11(19)15-6-4-3-5-8(15)12(20)21/h8H,3-7H2,1-2H3,(H,14,18)(H,16,17)(H,20,21)/t8-/m0/s1. The molecule has 1 fully saturated rings. The first kappa shape index (κ1) is 16.9. The summed E-state index contributed by atoms with van der Waals surface area (Å²) in [5.74, 6) is -4.15. The van der Waals surface area contributed by atoms with Crippen LogP contribution in [0, 0.1) is 0 Å². The van der Waals surface area contributed by atoms with Crippen LogP contribution >= 0.6 is 0 Å². The number of amides is 2. The van der Waals surface area contributed by atoms with Crippen LogP contribution in [-0.4, -0.2) is 57.0 Å². The Labute approximate surface area is 122 Å². The molecular formula is C13H20N2O6. The fourth-order valence-corrected chi connectivity index (χ4v) is 2.34. The van der Waals surface area contributed by atoms with E-state index in [-0.39, 0.29) is 13.0 Å². The fraction of sp³-hybridized carbons (Fsp3) is 0.692. The average Bonchev–Trinajstić information content (AvgIpc) is 2.35. The minimum atomic E-state index is -1.14. The highest BCUT2D eigenvalue weighted by Crippen LogP contribution is 2.18. The summed E-state index contributed by atoms with van der Waals surface area (Å²) in [5.41, 5.74) is -1.09. The smallest absolute Gasteiger partial charge is 0.326 e. The van der Waals surface area contributed by atoms with Crippen LogP contribution in [0.3, 0.4) is 0 Å². The van der Waals surface area contributed by atoms with Crippen molar-refractivity contribution in [1.82, 2.24) is 10.2 Å². The number of rotatable bonds is 4. The van der Waals surface area contributed by atoms with Gasteiger partial charge in [0, 0.05) is 12.1 Å². The molecular weight excluding hydrogens is 280 g/mol. The second-order valence-corrected chi connectivity index (χ2v) is 5.76. The summed E-state index contributed by atoms with van der Waals surface area (Å²) in [5, 5.41) is 20.2. The third-order valence-electron chi connectivity index (χ3n) is 3.29. The van der Waals surface area contributed by atoms with Gasteiger partial charge in [-0.15, -0.1) is 0 Å². The first-order chi connectivity index (χ1) is 9.64. The minimum absolute atomic E-state index is 0.211. The van der Waals surface area contributed by atoms with Gasteiger partial charge in [0.1, 0.15) is 6.04 Å². The van der Waals surface area contributed by atoms with Gasteiger partial charge >= 0.3 is 23.8 Å². The molecule has 1 aliphatic heterocycles. The molecule has 0 saturated carbocycles. The number of carboxylic acids is 2. The van der Waals surface area contributed by atoms with E-state index in [4.69, 9.17) is 10.2 Å². The number of carboxylic acid groups (broad SMARTS) is 2. The Bertz CT molecular complexity index is 460. The molecule has 118 valence electrons. The molecule has 0 spiro atoms. The van der Waals surface area contributed by atoms with E-state index < -0.39 is 35.3 Å². The van der Waals surface area contributed by atoms with Gasteiger partial charge in [0.05, 0.1) is 6.42 Å². The third kappa shape index (κ3) is 4.73. The van der Waals surface area contributed by atoms with E-state index in [1.807, 2.05) is 0 Å². The number of hydrogen-bond donors (Lipinski definition) is 3. The lowest BCUT2D eigenvalue weighted by molar-refractivity contribution is -0.156. The Morgan fingerprint density at radius 3 is 2.33 bits per heavy atom. The number of hydrogen-bond acceptors (Lipinski definition) is 4. The van der Waals surface area contributed by atoms with E-state index in [2.05, 4.69) is 5.32 Å². The van der Waals surface area contributed by atoms with Crippen LogP contribution < -0.4 is 5.32 Å². The predicted octanol–water partition coefficient (Wildman–Crippen LogP) is -0.178. The summed E-state index contributed by atoms with van der Waals surface area (Å²) in [6, 6.07) is -1.00. The Morgan fingerprint density at radius 1 is 1.19 bits per heavy atom. The molecule has 21 heavy (non-hydrogen) atoms. The number of nitrogens with zero attached hydrogens (tertiary/aromatic N) is 1. The van der Waals surface area contributed by atoms with E-state index in [0.29, 0.717) is 19.3 Å². The molecule has 0 bridgehead atoms. The Balaban J connectivity index is 2.75. The van der Waals surface area contributed by atoms with Crippen molar-refractivity contribution in [3.8, 4) is 0 Å². The van der Waals surface area contributed by atoms with Crippen LogP contribution in [0.5, 0.6) is 0 Å². The Hall–Kier alpha value is -2.12. The maximum absolute atomic E-state index is 12.1. The normalized spacial score (nSPS) is 19.0. The lowest BCUT2D eigenvalue weighted by Crippen LogP contribution is -2.56. The molecule has 3 N–H and O–H groups in total. The molecule has 2 amide bonds. The van der Waals surface area contributed by atoms with Crippen molar-refractivity contribution in [3.05, 3.63) is 0 Å². The van der Waals surface area contributed by atoms with Crippen molar-refractivity contribution in [2.24, 2.45) is 0 Å². The van der Waals surface area contributed by atoms with E-state index in [1.54, 1.807) is 0 Å². The Kier molecular flexibility index (Phi) is 5.28. The molecule has 0 aromatic carbocycles. The van der Waals surface area contributed by atoms with Gasteiger partial charge in [0.15, 0.2) is 0 Å². The van der Waals surface area contributed by atoms with Gasteiger partial charge in [0.2, 0.25) is 0 Å². The number of aliphatic carboxylic acids is 2. The monoisotopic (exact) mass is 300 g/mol. The molecule has 0 unspecified atom stereocenters. The summed E-state index contributed by atoms with van der Waals surface area (Å²) < 4.78 is 0. The maximum atomic E-state index is 12.1. The molecule has 0 aromatic rings. The van der Waals surface area contributed by atoms with Gasteiger partial charge in [-0.3, -0.25) is 14.4 Å². The van der Waals surface area contributed by atoms with Crippen LogP contribution in [0.2, 0.25) is 0 Å². The molecule has 8 nitrogen and oxygen atoms in total. The van der Waals surface area contributed by atoms with Crippen molar-refractivity contribution in [3.63, 3.8) is 0 Å². The lowest BCUT2D eigenvalue weighted by Gasteiger charge is -2.33. The van der Waals surface area contributed by atoms with Gasteiger partial charge in [-0.1, -0.05) is 0 Å². The second-order valence-electron chi connectivity index (χ2n) is 5.76. The van der Waals surface area contributed by atoms with Gasteiger partial charge in [0.25, 0.3) is 0 Å².